The minimum Gasteiger partial charge on any atom is -0.373 e. The molecule has 11 heteroatoms. The second kappa shape index (κ2) is 8.56. The van der Waals surface area contributed by atoms with E-state index in [1.54, 1.807) is 17.1 Å². The predicted octanol–water partition coefficient (Wildman–Crippen LogP) is -0.0514. The number of carbonyl (C=O) groups is 1. The van der Waals surface area contributed by atoms with Crippen molar-refractivity contribution in [1.29, 1.82) is 0 Å². The van der Waals surface area contributed by atoms with Crippen LogP contribution in [0.25, 0.3) is 0 Å². The summed E-state index contributed by atoms with van der Waals surface area (Å²) in [4.78, 5) is 14.4. The van der Waals surface area contributed by atoms with Gasteiger partial charge in [-0.15, -0.1) is 5.10 Å². The van der Waals surface area contributed by atoms with Gasteiger partial charge in [0.15, 0.2) is 5.82 Å². The van der Waals surface area contributed by atoms with Crippen LogP contribution in [0.4, 0.5) is 0 Å². The molecule has 0 aromatic carbocycles. The summed E-state index contributed by atoms with van der Waals surface area (Å²) in [5.74, 6) is 0.515. The zero-order valence-electron chi connectivity index (χ0n) is 14.9. The average Bonchev–Trinajstić information content (AvgIpc) is 3.16. The van der Waals surface area contributed by atoms with Crippen LogP contribution < -0.4 is 5.32 Å². The summed E-state index contributed by atoms with van der Waals surface area (Å²) in [6.45, 7) is 7.39. The van der Waals surface area contributed by atoms with E-state index in [4.69, 9.17) is 16.3 Å². The Morgan fingerprint density at radius 2 is 2.15 bits per heavy atom. The standard InChI is InChI=1S/C15H23ClN8O2/c1-11-6-22(7-12(2)26-11)9-14-19-20-21-24(14)10-15(25)17-3-4-23-8-13(16)5-18-23/h5,8,11-12H,3-4,6-7,9-10H2,1-2H3,(H,17,25)/t11-,12+. The van der Waals surface area contributed by atoms with Crippen LogP contribution in [-0.2, 0) is 29.2 Å². The van der Waals surface area contributed by atoms with E-state index in [2.05, 4.69) is 30.8 Å². The summed E-state index contributed by atoms with van der Waals surface area (Å²) in [5, 5.41) is 19.2. The first-order valence-electron chi connectivity index (χ1n) is 8.57. The maximum atomic E-state index is 12.1. The van der Waals surface area contributed by atoms with Gasteiger partial charge in [-0.3, -0.25) is 14.4 Å². The van der Waals surface area contributed by atoms with Crippen LogP contribution in [0, 0.1) is 0 Å². The summed E-state index contributed by atoms with van der Waals surface area (Å²) in [6.07, 6.45) is 3.60. The maximum absolute atomic E-state index is 12.1. The van der Waals surface area contributed by atoms with Gasteiger partial charge in [0, 0.05) is 25.8 Å². The molecular formula is C15H23ClN8O2. The number of hydrogen-bond acceptors (Lipinski definition) is 7. The van der Waals surface area contributed by atoms with Gasteiger partial charge in [-0.1, -0.05) is 11.6 Å². The van der Waals surface area contributed by atoms with Gasteiger partial charge in [0.05, 0.1) is 36.5 Å². The van der Waals surface area contributed by atoms with Crippen molar-refractivity contribution in [3.63, 3.8) is 0 Å². The number of rotatable bonds is 7. The molecule has 1 amide bonds. The fourth-order valence-corrected chi connectivity index (χ4v) is 3.19. The molecular weight excluding hydrogens is 360 g/mol. The fraction of sp³-hybridized carbons (Fsp3) is 0.667. The van der Waals surface area contributed by atoms with E-state index in [0.29, 0.717) is 30.5 Å². The first-order chi connectivity index (χ1) is 12.5. The highest BCUT2D eigenvalue weighted by Gasteiger charge is 2.24. The lowest BCUT2D eigenvalue weighted by molar-refractivity contribution is -0.122. The molecule has 0 aliphatic carbocycles. The Morgan fingerprint density at radius 1 is 1.38 bits per heavy atom. The minimum absolute atomic E-state index is 0.0810. The quantitative estimate of drug-likeness (QED) is 0.716. The molecule has 0 saturated carbocycles. The van der Waals surface area contributed by atoms with Gasteiger partial charge in [-0.25, -0.2) is 4.68 Å². The van der Waals surface area contributed by atoms with E-state index in [9.17, 15) is 4.79 Å². The molecule has 0 unspecified atom stereocenters. The summed E-state index contributed by atoms with van der Waals surface area (Å²) in [5.41, 5.74) is 0. The molecule has 1 saturated heterocycles. The van der Waals surface area contributed by atoms with E-state index in [1.807, 2.05) is 13.8 Å². The number of morpholine rings is 1. The van der Waals surface area contributed by atoms with Crippen LogP contribution in [0.3, 0.4) is 0 Å². The molecule has 0 spiro atoms. The first kappa shape index (κ1) is 18.7. The summed E-state index contributed by atoms with van der Waals surface area (Å²) >= 11 is 5.80. The second-order valence-electron chi connectivity index (χ2n) is 6.48. The Hall–Kier alpha value is -2.04. The lowest BCUT2D eigenvalue weighted by Gasteiger charge is -2.34. The molecule has 142 valence electrons. The Labute approximate surface area is 156 Å². The zero-order valence-corrected chi connectivity index (χ0v) is 15.6. The highest BCUT2D eigenvalue weighted by Crippen LogP contribution is 2.12. The third-order valence-electron chi connectivity index (χ3n) is 4.02. The van der Waals surface area contributed by atoms with Crippen molar-refractivity contribution in [2.75, 3.05) is 19.6 Å². The Bertz CT molecular complexity index is 723. The van der Waals surface area contributed by atoms with Crippen LogP contribution in [0.5, 0.6) is 0 Å². The molecule has 1 N–H and O–H groups in total. The topological polar surface area (TPSA) is 103 Å². The third-order valence-corrected chi connectivity index (χ3v) is 4.22. The van der Waals surface area contributed by atoms with E-state index >= 15 is 0 Å². The molecule has 2 aromatic heterocycles. The number of carbonyl (C=O) groups excluding carboxylic acids is 1. The van der Waals surface area contributed by atoms with Crippen LogP contribution in [0.2, 0.25) is 5.02 Å². The monoisotopic (exact) mass is 382 g/mol. The van der Waals surface area contributed by atoms with Crippen molar-refractivity contribution in [3.8, 4) is 0 Å². The smallest absolute Gasteiger partial charge is 0.241 e. The zero-order chi connectivity index (χ0) is 18.5. The molecule has 0 bridgehead atoms. The summed E-state index contributed by atoms with van der Waals surface area (Å²) in [7, 11) is 0. The van der Waals surface area contributed by atoms with Crippen molar-refractivity contribution < 1.29 is 9.53 Å². The lowest BCUT2D eigenvalue weighted by Crippen LogP contribution is -2.45. The minimum atomic E-state index is -0.152. The molecule has 1 aliphatic rings. The van der Waals surface area contributed by atoms with Crippen LogP contribution >= 0.6 is 11.6 Å². The van der Waals surface area contributed by atoms with E-state index in [1.165, 1.54) is 4.68 Å². The number of ether oxygens (including phenoxy) is 1. The number of halogens is 1. The molecule has 1 aliphatic heterocycles. The Kier molecular flexibility index (Phi) is 6.17. The third kappa shape index (κ3) is 5.23. The van der Waals surface area contributed by atoms with E-state index in [-0.39, 0.29) is 24.7 Å². The number of nitrogens with zero attached hydrogens (tertiary/aromatic N) is 7. The molecule has 1 fully saturated rings. The highest BCUT2D eigenvalue weighted by atomic mass is 35.5. The van der Waals surface area contributed by atoms with Gasteiger partial charge in [-0.05, 0) is 24.3 Å². The normalized spacial score (nSPS) is 21.0. The number of nitrogens with one attached hydrogen (secondary N) is 1. The highest BCUT2D eigenvalue weighted by molar-refractivity contribution is 6.30. The van der Waals surface area contributed by atoms with Crippen LogP contribution in [-0.4, -0.2) is 72.6 Å². The molecule has 2 aromatic rings. The van der Waals surface area contributed by atoms with Crippen molar-refractivity contribution in [2.45, 2.75) is 45.7 Å². The molecule has 0 radical (unpaired) electrons. The van der Waals surface area contributed by atoms with Crippen molar-refractivity contribution in [3.05, 3.63) is 23.2 Å². The number of aromatic nitrogens is 6. The lowest BCUT2D eigenvalue weighted by atomic mass is 10.2. The van der Waals surface area contributed by atoms with Gasteiger partial charge in [0.1, 0.15) is 6.54 Å². The number of hydrogen-bond donors (Lipinski definition) is 1. The van der Waals surface area contributed by atoms with Gasteiger partial charge in [0.2, 0.25) is 5.91 Å². The van der Waals surface area contributed by atoms with E-state index in [0.717, 1.165) is 13.1 Å². The van der Waals surface area contributed by atoms with Crippen LogP contribution in [0.15, 0.2) is 12.4 Å². The van der Waals surface area contributed by atoms with E-state index < -0.39 is 0 Å². The number of amides is 1. The predicted molar refractivity (Wildman–Crippen MR) is 93.3 cm³/mol. The Balaban J connectivity index is 1.47. The van der Waals surface area contributed by atoms with Crippen LogP contribution in [0.1, 0.15) is 19.7 Å². The molecule has 3 heterocycles. The van der Waals surface area contributed by atoms with Crippen molar-refractivity contribution >= 4 is 17.5 Å². The van der Waals surface area contributed by atoms with Gasteiger partial charge < -0.3 is 10.1 Å². The summed E-state index contributed by atoms with van der Waals surface area (Å²) < 4.78 is 8.94. The van der Waals surface area contributed by atoms with Gasteiger partial charge in [0.25, 0.3) is 0 Å². The molecule has 2 atom stereocenters. The molecule has 26 heavy (non-hydrogen) atoms. The fourth-order valence-electron chi connectivity index (χ4n) is 3.04. The maximum Gasteiger partial charge on any atom is 0.241 e. The Morgan fingerprint density at radius 3 is 2.85 bits per heavy atom. The van der Waals surface area contributed by atoms with Gasteiger partial charge in [-0.2, -0.15) is 5.10 Å². The molecule has 3 rings (SSSR count). The SMILES string of the molecule is C[C@@H]1CN(Cc2nnnn2CC(=O)NCCn2cc(Cl)cn2)C[C@H](C)O1. The average molecular weight is 383 g/mol. The second-order valence-corrected chi connectivity index (χ2v) is 6.91. The first-order valence-corrected chi connectivity index (χ1v) is 8.95. The van der Waals surface area contributed by atoms with Crippen molar-refractivity contribution in [1.82, 2.24) is 40.2 Å². The van der Waals surface area contributed by atoms with Crippen molar-refractivity contribution in [2.24, 2.45) is 0 Å². The molecule has 10 nitrogen and oxygen atoms in total. The van der Waals surface area contributed by atoms with Gasteiger partial charge >= 0.3 is 0 Å². The summed E-state index contributed by atoms with van der Waals surface area (Å²) in [6, 6.07) is 0. The number of tetrazole rings is 1. The largest absolute Gasteiger partial charge is 0.373 e.